The molecular weight excluding hydrogens is 178 g/mol. The third kappa shape index (κ3) is 1.30. The molecular formula is C11H13NO2. The fraction of sp³-hybridized carbons (Fsp3) is 0.364. The SMILES string of the molecule is CCc1cccc2c1[C@H](C(=O)O)NC2. The second-order valence-electron chi connectivity index (χ2n) is 3.50. The van der Waals surface area contributed by atoms with E-state index in [4.69, 9.17) is 5.11 Å². The summed E-state index contributed by atoms with van der Waals surface area (Å²) in [6.07, 6.45) is 0.884. The number of nitrogens with one attached hydrogen (secondary N) is 1. The summed E-state index contributed by atoms with van der Waals surface area (Å²) in [5, 5.41) is 12.0. The number of hydrogen-bond acceptors (Lipinski definition) is 2. The van der Waals surface area contributed by atoms with Crippen LogP contribution in [0.5, 0.6) is 0 Å². The van der Waals surface area contributed by atoms with Crippen molar-refractivity contribution in [3.05, 3.63) is 34.9 Å². The molecule has 1 atom stereocenters. The molecule has 2 rings (SSSR count). The summed E-state index contributed by atoms with van der Waals surface area (Å²) in [5.74, 6) is -0.787. The number of fused-ring (bicyclic) bond motifs is 1. The maximum atomic E-state index is 11.0. The minimum Gasteiger partial charge on any atom is -0.480 e. The molecule has 2 N–H and O–H groups in total. The Labute approximate surface area is 82.8 Å². The van der Waals surface area contributed by atoms with Crippen LogP contribution in [0.25, 0.3) is 0 Å². The predicted octanol–water partition coefficient (Wildman–Crippen LogP) is 1.48. The summed E-state index contributed by atoms with van der Waals surface area (Å²) in [6, 6.07) is 5.47. The molecule has 0 spiro atoms. The van der Waals surface area contributed by atoms with Crippen LogP contribution in [0, 0.1) is 0 Å². The Bertz CT molecular complexity index is 374. The monoisotopic (exact) mass is 191 g/mol. The van der Waals surface area contributed by atoms with Crippen molar-refractivity contribution >= 4 is 5.97 Å². The van der Waals surface area contributed by atoms with Crippen LogP contribution in [-0.4, -0.2) is 11.1 Å². The average Bonchev–Trinajstić information content (AvgIpc) is 2.60. The molecule has 3 nitrogen and oxygen atoms in total. The van der Waals surface area contributed by atoms with Crippen LogP contribution < -0.4 is 5.32 Å². The molecule has 0 saturated heterocycles. The molecule has 14 heavy (non-hydrogen) atoms. The fourth-order valence-electron chi connectivity index (χ4n) is 2.02. The van der Waals surface area contributed by atoms with Gasteiger partial charge in [-0.05, 0) is 23.1 Å². The van der Waals surface area contributed by atoms with Crippen LogP contribution in [-0.2, 0) is 17.8 Å². The second kappa shape index (κ2) is 3.42. The Hall–Kier alpha value is -1.35. The van der Waals surface area contributed by atoms with E-state index in [1.807, 2.05) is 25.1 Å². The molecule has 3 heteroatoms. The van der Waals surface area contributed by atoms with E-state index in [1.165, 1.54) is 0 Å². The van der Waals surface area contributed by atoms with Gasteiger partial charge in [0, 0.05) is 6.54 Å². The van der Waals surface area contributed by atoms with Crippen LogP contribution in [0.2, 0.25) is 0 Å². The molecule has 0 saturated carbocycles. The van der Waals surface area contributed by atoms with E-state index in [0.717, 1.165) is 23.1 Å². The van der Waals surface area contributed by atoms with E-state index >= 15 is 0 Å². The molecule has 0 radical (unpaired) electrons. The molecule has 1 aromatic carbocycles. The van der Waals surface area contributed by atoms with Crippen molar-refractivity contribution in [3.63, 3.8) is 0 Å². The second-order valence-corrected chi connectivity index (χ2v) is 3.50. The van der Waals surface area contributed by atoms with Gasteiger partial charge in [0.1, 0.15) is 6.04 Å². The van der Waals surface area contributed by atoms with Crippen molar-refractivity contribution < 1.29 is 9.90 Å². The zero-order valence-electron chi connectivity index (χ0n) is 8.08. The molecule has 1 aliphatic rings. The summed E-state index contributed by atoms with van der Waals surface area (Å²) in [5.41, 5.74) is 3.24. The van der Waals surface area contributed by atoms with Crippen LogP contribution in [0.4, 0.5) is 0 Å². The number of carboxylic acids is 1. The molecule has 0 unspecified atom stereocenters. The van der Waals surface area contributed by atoms with Crippen molar-refractivity contribution in [2.75, 3.05) is 0 Å². The van der Waals surface area contributed by atoms with E-state index in [-0.39, 0.29) is 0 Å². The smallest absolute Gasteiger partial charge is 0.325 e. The van der Waals surface area contributed by atoms with Crippen molar-refractivity contribution in [1.29, 1.82) is 0 Å². The third-order valence-corrected chi connectivity index (χ3v) is 2.70. The molecule has 1 aliphatic heterocycles. The van der Waals surface area contributed by atoms with Crippen LogP contribution in [0.1, 0.15) is 29.7 Å². The summed E-state index contributed by atoms with van der Waals surface area (Å²) in [4.78, 5) is 11.0. The zero-order chi connectivity index (χ0) is 10.1. The molecule has 0 fully saturated rings. The third-order valence-electron chi connectivity index (χ3n) is 2.70. The van der Waals surface area contributed by atoms with Crippen molar-refractivity contribution in [1.82, 2.24) is 5.32 Å². The standard InChI is InChI=1S/C11H13NO2/c1-2-7-4-3-5-8-6-12-10(9(7)8)11(13)14/h3-5,10,12H,2,6H2,1H3,(H,13,14)/t10-/m1/s1. The number of aryl methyl sites for hydroxylation is 1. The fourth-order valence-corrected chi connectivity index (χ4v) is 2.02. The van der Waals surface area contributed by atoms with Gasteiger partial charge in [-0.1, -0.05) is 25.1 Å². The molecule has 0 aromatic heterocycles. The molecule has 0 bridgehead atoms. The first-order chi connectivity index (χ1) is 6.74. The van der Waals surface area contributed by atoms with Gasteiger partial charge in [0.05, 0.1) is 0 Å². The van der Waals surface area contributed by atoms with Crippen LogP contribution in [0.3, 0.4) is 0 Å². The number of carboxylic acid groups (broad SMARTS) is 1. The topological polar surface area (TPSA) is 49.3 Å². The summed E-state index contributed by atoms with van der Waals surface area (Å²) < 4.78 is 0. The Balaban J connectivity index is 2.50. The number of aliphatic carboxylic acids is 1. The van der Waals surface area contributed by atoms with Gasteiger partial charge in [-0.2, -0.15) is 0 Å². The zero-order valence-corrected chi connectivity index (χ0v) is 8.08. The van der Waals surface area contributed by atoms with Gasteiger partial charge >= 0.3 is 5.97 Å². The minimum atomic E-state index is -0.787. The largest absolute Gasteiger partial charge is 0.480 e. The molecule has 1 heterocycles. The van der Waals surface area contributed by atoms with Gasteiger partial charge in [0.25, 0.3) is 0 Å². The first-order valence-electron chi connectivity index (χ1n) is 4.81. The number of rotatable bonds is 2. The first kappa shape index (κ1) is 9.21. The molecule has 1 aromatic rings. The van der Waals surface area contributed by atoms with Crippen LogP contribution >= 0.6 is 0 Å². The van der Waals surface area contributed by atoms with Crippen molar-refractivity contribution in [3.8, 4) is 0 Å². The van der Waals surface area contributed by atoms with E-state index in [2.05, 4.69) is 5.32 Å². The highest BCUT2D eigenvalue weighted by Crippen LogP contribution is 2.29. The van der Waals surface area contributed by atoms with Gasteiger partial charge in [0.2, 0.25) is 0 Å². The molecule has 74 valence electrons. The maximum absolute atomic E-state index is 11.0. The van der Waals surface area contributed by atoms with Gasteiger partial charge in [-0.15, -0.1) is 0 Å². The van der Waals surface area contributed by atoms with E-state index in [1.54, 1.807) is 0 Å². The number of benzene rings is 1. The highest BCUT2D eigenvalue weighted by Gasteiger charge is 2.29. The van der Waals surface area contributed by atoms with E-state index in [9.17, 15) is 4.79 Å². The lowest BCUT2D eigenvalue weighted by atomic mass is 9.97. The van der Waals surface area contributed by atoms with Crippen molar-refractivity contribution in [2.45, 2.75) is 25.9 Å². The highest BCUT2D eigenvalue weighted by atomic mass is 16.4. The lowest BCUT2D eigenvalue weighted by Gasteiger charge is -2.10. The van der Waals surface area contributed by atoms with Crippen molar-refractivity contribution in [2.24, 2.45) is 0 Å². The predicted molar refractivity (Wildman–Crippen MR) is 53.0 cm³/mol. The number of hydrogen-bond donors (Lipinski definition) is 2. The Kier molecular flexibility index (Phi) is 2.25. The summed E-state index contributed by atoms with van der Waals surface area (Å²) >= 11 is 0. The first-order valence-corrected chi connectivity index (χ1v) is 4.81. The van der Waals surface area contributed by atoms with Gasteiger partial charge < -0.3 is 5.11 Å². The normalized spacial score (nSPS) is 19.4. The quantitative estimate of drug-likeness (QED) is 0.744. The summed E-state index contributed by atoms with van der Waals surface area (Å²) in [6.45, 7) is 2.72. The van der Waals surface area contributed by atoms with E-state index < -0.39 is 12.0 Å². The number of carbonyl (C=O) groups is 1. The van der Waals surface area contributed by atoms with Gasteiger partial charge in [-0.25, -0.2) is 0 Å². The average molecular weight is 191 g/mol. The van der Waals surface area contributed by atoms with E-state index in [0.29, 0.717) is 6.54 Å². The Morgan fingerprint density at radius 1 is 1.64 bits per heavy atom. The Morgan fingerprint density at radius 2 is 2.43 bits per heavy atom. The summed E-state index contributed by atoms with van der Waals surface area (Å²) in [7, 11) is 0. The lowest BCUT2D eigenvalue weighted by Crippen LogP contribution is -2.22. The van der Waals surface area contributed by atoms with Crippen LogP contribution in [0.15, 0.2) is 18.2 Å². The highest BCUT2D eigenvalue weighted by molar-refractivity contribution is 5.77. The molecule has 0 amide bonds. The minimum absolute atomic E-state index is 0.513. The van der Waals surface area contributed by atoms with Gasteiger partial charge in [0.15, 0.2) is 0 Å². The van der Waals surface area contributed by atoms with Gasteiger partial charge in [-0.3, -0.25) is 10.1 Å². The lowest BCUT2D eigenvalue weighted by molar-refractivity contribution is -0.139. The maximum Gasteiger partial charge on any atom is 0.325 e. The molecule has 0 aliphatic carbocycles. The Morgan fingerprint density at radius 3 is 3.07 bits per heavy atom.